The van der Waals surface area contributed by atoms with Crippen LogP contribution in [0.3, 0.4) is 0 Å². The second kappa shape index (κ2) is 9.56. The SMILES string of the molecule is O=C(NCCC1CCCCN1S(=O)(=O)c1ccc(F)cc1)Nc1cccc(Cl)c1. The molecule has 1 heterocycles. The molecule has 0 saturated carbocycles. The summed E-state index contributed by atoms with van der Waals surface area (Å²) >= 11 is 5.90. The molecular weight excluding hydrogens is 417 g/mol. The molecule has 1 aliphatic rings. The topological polar surface area (TPSA) is 78.5 Å². The van der Waals surface area contributed by atoms with Gasteiger partial charge in [0.05, 0.1) is 4.90 Å². The van der Waals surface area contributed by atoms with E-state index < -0.39 is 15.8 Å². The molecule has 1 atom stereocenters. The number of carbonyl (C=O) groups is 1. The first-order chi connectivity index (χ1) is 13.9. The van der Waals surface area contributed by atoms with E-state index in [2.05, 4.69) is 10.6 Å². The summed E-state index contributed by atoms with van der Waals surface area (Å²) in [7, 11) is -3.71. The maximum Gasteiger partial charge on any atom is 0.319 e. The normalized spacial score (nSPS) is 17.7. The quantitative estimate of drug-likeness (QED) is 0.706. The minimum absolute atomic E-state index is 0.0810. The Morgan fingerprint density at radius 2 is 1.93 bits per heavy atom. The molecule has 2 N–H and O–H groups in total. The zero-order valence-corrected chi connectivity index (χ0v) is 17.3. The van der Waals surface area contributed by atoms with Crippen LogP contribution in [0.5, 0.6) is 0 Å². The van der Waals surface area contributed by atoms with E-state index in [1.807, 2.05) is 0 Å². The Morgan fingerprint density at radius 1 is 1.17 bits per heavy atom. The van der Waals surface area contributed by atoms with Crippen molar-refractivity contribution in [1.29, 1.82) is 0 Å². The second-order valence-electron chi connectivity index (χ2n) is 6.90. The van der Waals surface area contributed by atoms with Crippen molar-refractivity contribution < 1.29 is 17.6 Å². The average Bonchev–Trinajstić information content (AvgIpc) is 2.68. The maximum absolute atomic E-state index is 13.2. The Balaban J connectivity index is 1.58. The summed E-state index contributed by atoms with van der Waals surface area (Å²) in [5.41, 5.74) is 0.577. The van der Waals surface area contributed by atoms with Gasteiger partial charge in [-0.1, -0.05) is 24.1 Å². The smallest absolute Gasteiger partial charge is 0.319 e. The van der Waals surface area contributed by atoms with Gasteiger partial charge in [-0.3, -0.25) is 0 Å². The minimum Gasteiger partial charge on any atom is -0.338 e. The molecule has 156 valence electrons. The van der Waals surface area contributed by atoms with Gasteiger partial charge in [0.1, 0.15) is 5.82 Å². The number of nitrogens with one attached hydrogen (secondary N) is 2. The third-order valence-corrected chi connectivity index (χ3v) is 7.04. The van der Waals surface area contributed by atoms with E-state index in [0.717, 1.165) is 31.4 Å². The Kier molecular flexibility index (Phi) is 7.10. The number of piperidine rings is 1. The second-order valence-corrected chi connectivity index (χ2v) is 9.23. The van der Waals surface area contributed by atoms with Crippen LogP contribution in [0.4, 0.5) is 14.9 Å². The largest absolute Gasteiger partial charge is 0.338 e. The predicted molar refractivity (Wildman–Crippen MR) is 111 cm³/mol. The van der Waals surface area contributed by atoms with Crippen LogP contribution < -0.4 is 10.6 Å². The fourth-order valence-corrected chi connectivity index (χ4v) is 5.33. The van der Waals surface area contributed by atoms with Crippen LogP contribution in [0, 0.1) is 5.82 Å². The summed E-state index contributed by atoms with van der Waals surface area (Å²) in [6.45, 7) is 0.742. The highest BCUT2D eigenvalue weighted by molar-refractivity contribution is 7.89. The molecule has 0 spiro atoms. The first kappa shape index (κ1) is 21.5. The first-order valence-corrected chi connectivity index (χ1v) is 11.3. The van der Waals surface area contributed by atoms with E-state index in [0.29, 0.717) is 30.2 Å². The Hall–Kier alpha value is -2.16. The van der Waals surface area contributed by atoms with Gasteiger partial charge in [-0.25, -0.2) is 17.6 Å². The van der Waals surface area contributed by atoms with Crippen molar-refractivity contribution >= 4 is 33.3 Å². The predicted octanol–water partition coefficient (Wildman–Crippen LogP) is 4.23. The summed E-state index contributed by atoms with van der Waals surface area (Å²) in [6, 6.07) is 11.1. The lowest BCUT2D eigenvalue weighted by atomic mass is 10.0. The van der Waals surface area contributed by atoms with Crippen LogP contribution in [-0.2, 0) is 10.0 Å². The number of nitrogens with zero attached hydrogens (tertiary/aromatic N) is 1. The maximum atomic E-state index is 13.2. The highest BCUT2D eigenvalue weighted by Crippen LogP contribution is 2.27. The number of amides is 2. The summed E-state index contributed by atoms with van der Waals surface area (Å²) < 4.78 is 40.6. The number of rotatable bonds is 6. The summed E-state index contributed by atoms with van der Waals surface area (Å²) in [5.74, 6) is -0.478. The minimum atomic E-state index is -3.71. The highest BCUT2D eigenvalue weighted by Gasteiger charge is 2.33. The first-order valence-electron chi connectivity index (χ1n) is 9.44. The van der Waals surface area contributed by atoms with Gasteiger partial charge < -0.3 is 10.6 Å². The molecule has 2 aromatic carbocycles. The van der Waals surface area contributed by atoms with Gasteiger partial charge in [0.15, 0.2) is 0 Å². The zero-order valence-electron chi connectivity index (χ0n) is 15.8. The van der Waals surface area contributed by atoms with E-state index in [1.165, 1.54) is 16.4 Å². The van der Waals surface area contributed by atoms with Crippen LogP contribution >= 0.6 is 11.6 Å². The van der Waals surface area contributed by atoms with Crippen LogP contribution in [0.15, 0.2) is 53.4 Å². The fourth-order valence-electron chi connectivity index (χ4n) is 3.41. The van der Waals surface area contributed by atoms with Crippen LogP contribution in [0.1, 0.15) is 25.7 Å². The molecule has 1 unspecified atom stereocenters. The van der Waals surface area contributed by atoms with Crippen LogP contribution in [0.2, 0.25) is 5.02 Å². The lowest BCUT2D eigenvalue weighted by molar-refractivity contribution is 0.234. The van der Waals surface area contributed by atoms with Gasteiger partial charge >= 0.3 is 6.03 Å². The number of hydrogen-bond acceptors (Lipinski definition) is 3. The molecule has 2 aromatic rings. The molecule has 2 amide bonds. The van der Waals surface area contributed by atoms with E-state index in [9.17, 15) is 17.6 Å². The summed E-state index contributed by atoms with van der Waals surface area (Å²) in [6.07, 6.45) is 2.91. The number of benzene rings is 2. The Labute approximate surface area is 175 Å². The molecule has 0 aliphatic carbocycles. The summed E-state index contributed by atoms with van der Waals surface area (Å²) in [5, 5.41) is 5.96. The van der Waals surface area contributed by atoms with Crippen molar-refractivity contribution in [2.24, 2.45) is 0 Å². The van der Waals surface area contributed by atoms with E-state index in [1.54, 1.807) is 24.3 Å². The van der Waals surface area contributed by atoms with Gasteiger partial charge in [-0.05, 0) is 61.7 Å². The number of carbonyl (C=O) groups excluding carboxylic acids is 1. The monoisotopic (exact) mass is 439 g/mol. The fraction of sp³-hybridized carbons (Fsp3) is 0.350. The molecule has 6 nitrogen and oxygen atoms in total. The van der Waals surface area contributed by atoms with Gasteiger partial charge in [0.2, 0.25) is 10.0 Å². The number of hydrogen-bond donors (Lipinski definition) is 2. The molecule has 9 heteroatoms. The zero-order chi connectivity index (χ0) is 20.9. The molecule has 1 saturated heterocycles. The molecule has 0 bridgehead atoms. The van der Waals surface area contributed by atoms with E-state index >= 15 is 0 Å². The molecular formula is C20H23ClFN3O3S. The number of halogens is 2. The Bertz CT molecular complexity index is 954. The Morgan fingerprint density at radius 3 is 2.66 bits per heavy atom. The van der Waals surface area contributed by atoms with Crippen molar-refractivity contribution in [1.82, 2.24) is 9.62 Å². The third kappa shape index (κ3) is 5.68. The highest BCUT2D eigenvalue weighted by atomic mass is 35.5. The van der Waals surface area contributed by atoms with Gasteiger partial charge in [-0.2, -0.15) is 4.31 Å². The van der Waals surface area contributed by atoms with E-state index in [-0.39, 0.29) is 17.0 Å². The number of urea groups is 1. The number of sulfonamides is 1. The number of anilines is 1. The average molecular weight is 440 g/mol. The van der Waals surface area contributed by atoms with Crippen molar-refractivity contribution in [3.63, 3.8) is 0 Å². The molecule has 29 heavy (non-hydrogen) atoms. The van der Waals surface area contributed by atoms with Crippen molar-refractivity contribution in [2.45, 2.75) is 36.6 Å². The van der Waals surface area contributed by atoms with Crippen molar-refractivity contribution in [3.05, 3.63) is 59.4 Å². The molecule has 0 radical (unpaired) electrons. The molecule has 1 fully saturated rings. The standard InChI is InChI=1S/C20H23ClFN3O3S/c21-15-4-3-5-17(14-15)24-20(26)23-12-11-18-6-1-2-13-25(18)29(27,28)19-9-7-16(22)8-10-19/h3-5,7-10,14,18H,1-2,6,11-13H2,(H2,23,24,26). The summed E-state index contributed by atoms with van der Waals surface area (Å²) in [4.78, 5) is 12.1. The van der Waals surface area contributed by atoms with Crippen LogP contribution in [0.25, 0.3) is 0 Å². The molecule has 3 rings (SSSR count). The van der Waals surface area contributed by atoms with Gasteiger partial charge in [0.25, 0.3) is 0 Å². The third-order valence-electron chi connectivity index (χ3n) is 4.84. The molecule has 1 aliphatic heterocycles. The van der Waals surface area contributed by atoms with Crippen molar-refractivity contribution in [3.8, 4) is 0 Å². The van der Waals surface area contributed by atoms with Gasteiger partial charge in [0, 0.05) is 29.8 Å². The lowest BCUT2D eigenvalue weighted by Crippen LogP contribution is -2.45. The van der Waals surface area contributed by atoms with Gasteiger partial charge in [-0.15, -0.1) is 0 Å². The van der Waals surface area contributed by atoms with Crippen LogP contribution in [-0.4, -0.2) is 37.9 Å². The van der Waals surface area contributed by atoms with Crippen molar-refractivity contribution in [2.75, 3.05) is 18.4 Å². The van der Waals surface area contributed by atoms with E-state index in [4.69, 9.17) is 11.6 Å². The molecule has 0 aromatic heterocycles. The lowest BCUT2D eigenvalue weighted by Gasteiger charge is -2.34.